The van der Waals surface area contributed by atoms with E-state index in [1.807, 2.05) is 0 Å². The van der Waals surface area contributed by atoms with Gasteiger partial charge in [0.25, 0.3) is 20.2 Å². The van der Waals surface area contributed by atoms with Crippen LogP contribution in [0.2, 0.25) is 0 Å². The van der Waals surface area contributed by atoms with Crippen LogP contribution in [0.1, 0.15) is 0 Å². The van der Waals surface area contributed by atoms with Crippen molar-refractivity contribution in [2.75, 3.05) is 11.5 Å². The molecule has 0 heterocycles. The van der Waals surface area contributed by atoms with E-state index in [0.717, 1.165) is 0 Å². The Morgan fingerprint density at radius 1 is 0.826 bits per heavy atom. The Balaban J connectivity index is -0.000000136. The molecule has 0 bridgehead atoms. The first kappa shape index (κ1) is 30.9. The van der Waals surface area contributed by atoms with E-state index in [1.54, 1.807) is 0 Å². The van der Waals surface area contributed by atoms with Gasteiger partial charge in [0, 0.05) is 0 Å². The number of aliphatic carboxylic acids is 2. The Morgan fingerprint density at radius 2 is 1.00 bits per heavy atom. The SMILES string of the molecule is C=C.NC(CS(=O)(=O)O)C(=O)O.NC(CS(=O)(=O)O)C(=O)O.[KH]. The second-order valence-corrected chi connectivity index (χ2v) is 6.38. The molecule has 0 aliphatic rings. The van der Waals surface area contributed by atoms with Crippen molar-refractivity contribution < 1.29 is 45.7 Å². The summed E-state index contributed by atoms with van der Waals surface area (Å²) in [5, 5.41) is 16.1. The number of carboxylic acids is 2. The summed E-state index contributed by atoms with van der Waals surface area (Å²) in [4.78, 5) is 19.8. The minimum absolute atomic E-state index is 0. The molecule has 0 aromatic rings. The predicted molar refractivity (Wildman–Crippen MR) is 82.5 cm³/mol. The van der Waals surface area contributed by atoms with Crippen LogP contribution < -0.4 is 11.5 Å². The molecule has 23 heavy (non-hydrogen) atoms. The number of hydrogen-bond acceptors (Lipinski definition) is 8. The monoisotopic (exact) mass is 406 g/mol. The summed E-state index contributed by atoms with van der Waals surface area (Å²) in [5.74, 6) is -4.83. The summed E-state index contributed by atoms with van der Waals surface area (Å²) in [5.41, 5.74) is 9.53. The summed E-state index contributed by atoms with van der Waals surface area (Å²) < 4.78 is 56.0. The van der Waals surface area contributed by atoms with Crippen LogP contribution in [0.25, 0.3) is 0 Å². The van der Waals surface area contributed by atoms with Crippen molar-refractivity contribution in [3.8, 4) is 0 Å². The third kappa shape index (κ3) is 27.2. The van der Waals surface area contributed by atoms with Crippen molar-refractivity contribution in [2.24, 2.45) is 11.5 Å². The third-order valence-corrected chi connectivity index (χ3v) is 2.98. The Kier molecular flexibility index (Phi) is 19.3. The van der Waals surface area contributed by atoms with Gasteiger partial charge in [-0.1, -0.05) is 0 Å². The van der Waals surface area contributed by atoms with Crippen molar-refractivity contribution in [3.05, 3.63) is 13.2 Å². The van der Waals surface area contributed by atoms with Gasteiger partial charge in [0.2, 0.25) is 0 Å². The first-order valence-corrected chi connectivity index (χ1v) is 8.24. The summed E-state index contributed by atoms with van der Waals surface area (Å²) in [7, 11) is -8.55. The molecule has 0 spiro atoms. The average Bonchev–Trinajstić information content (AvgIpc) is 2.27. The molecule has 0 amide bonds. The van der Waals surface area contributed by atoms with E-state index in [-0.39, 0.29) is 51.4 Å². The van der Waals surface area contributed by atoms with E-state index < -0.39 is 55.8 Å². The molecule has 8 N–H and O–H groups in total. The fourth-order valence-electron chi connectivity index (χ4n) is 0.596. The molecule has 15 heteroatoms. The molecule has 2 unspecified atom stereocenters. The molecule has 2 atom stereocenters. The quantitative estimate of drug-likeness (QED) is 0.145. The average molecular weight is 406 g/mol. The molecule has 0 aromatic heterocycles. The van der Waals surface area contributed by atoms with Crippen LogP contribution in [-0.4, -0.2) is 123 Å². The van der Waals surface area contributed by atoms with Gasteiger partial charge in [-0.2, -0.15) is 16.8 Å². The Bertz CT molecular complexity index is 511. The summed E-state index contributed by atoms with van der Waals surface area (Å²) in [6.45, 7) is 6.00. The summed E-state index contributed by atoms with van der Waals surface area (Å²) in [6, 6.07) is -3.12. The number of nitrogens with two attached hydrogens (primary N) is 2. The van der Waals surface area contributed by atoms with Crippen LogP contribution in [0.4, 0.5) is 0 Å². The summed E-state index contributed by atoms with van der Waals surface area (Å²) in [6.07, 6.45) is 0. The normalized spacial score (nSPS) is 12.9. The van der Waals surface area contributed by atoms with Gasteiger partial charge in [-0.15, -0.1) is 13.2 Å². The van der Waals surface area contributed by atoms with Gasteiger partial charge in [0.15, 0.2) is 0 Å². The fourth-order valence-corrected chi connectivity index (χ4v) is 1.79. The van der Waals surface area contributed by atoms with Crippen LogP contribution in [0.3, 0.4) is 0 Å². The molecule has 0 saturated heterocycles. The molecule has 0 radical (unpaired) electrons. The molecule has 0 aliphatic heterocycles. The van der Waals surface area contributed by atoms with Crippen molar-refractivity contribution in [3.63, 3.8) is 0 Å². The number of rotatable bonds is 6. The fraction of sp³-hybridized carbons (Fsp3) is 0.500. The zero-order valence-electron chi connectivity index (χ0n) is 11.2. The zero-order chi connectivity index (χ0) is 18.7. The number of carbonyl (C=O) groups is 2. The number of hydrogen-bond donors (Lipinski definition) is 6. The molecule has 0 fully saturated rings. The zero-order valence-corrected chi connectivity index (χ0v) is 12.8. The van der Waals surface area contributed by atoms with Crippen LogP contribution in [0.15, 0.2) is 13.2 Å². The van der Waals surface area contributed by atoms with Gasteiger partial charge in [0.1, 0.15) is 23.6 Å². The van der Waals surface area contributed by atoms with Gasteiger partial charge in [-0.25, -0.2) is 0 Å². The van der Waals surface area contributed by atoms with Gasteiger partial charge in [-0.05, 0) is 0 Å². The minimum atomic E-state index is -4.27. The van der Waals surface area contributed by atoms with Crippen molar-refractivity contribution >= 4 is 83.6 Å². The first-order valence-electron chi connectivity index (χ1n) is 5.03. The van der Waals surface area contributed by atoms with Crippen molar-refractivity contribution in [2.45, 2.75) is 12.1 Å². The Labute approximate surface area is 175 Å². The molecule has 134 valence electrons. The molecule has 0 aromatic carbocycles. The van der Waals surface area contributed by atoms with Crippen LogP contribution >= 0.6 is 0 Å². The Hall–Kier alpha value is 0.0564. The second-order valence-electron chi connectivity index (χ2n) is 3.39. The van der Waals surface area contributed by atoms with Gasteiger partial charge in [0.05, 0.1) is 0 Å². The predicted octanol–water partition coefficient (Wildman–Crippen LogP) is -3.27. The van der Waals surface area contributed by atoms with E-state index in [1.165, 1.54) is 0 Å². The third-order valence-electron chi connectivity index (χ3n) is 1.41. The Morgan fingerprint density at radius 3 is 1.04 bits per heavy atom. The second kappa shape index (κ2) is 14.4. The van der Waals surface area contributed by atoms with Crippen LogP contribution in [-0.2, 0) is 29.8 Å². The van der Waals surface area contributed by atoms with Crippen molar-refractivity contribution in [1.29, 1.82) is 0 Å². The first-order chi connectivity index (χ1) is 9.65. The van der Waals surface area contributed by atoms with E-state index in [2.05, 4.69) is 13.2 Å². The summed E-state index contributed by atoms with van der Waals surface area (Å²) >= 11 is 0. The number of carboxylic acid groups (broad SMARTS) is 2. The van der Waals surface area contributed by atoms with E-state index in [9.17, 15) is 26.4 Å². The van der Waals surface area contributed by atoms with Gasteiger partial charge in [-0.3, -0.25) is 18.7 Å². The van der Waals surface area contributed by atoms with E-state index >= 15 is 0 Å². The van der Waals surface area contributed by atoms with E-state index in [4.69, 9.17) is 30.8 Å². The molecule has 12 nitrogen and oxygen atoms in total. The molecule has 0 rings (SSSR count). The van der Waals surface area contributed by atoms with Crippen LogP contribution in [0, 0.1) is 0 Å². The maximum absolute atomic E-state index is 9.96. The molecule has 0 aliphatic carbocycles. The van der Waals surface area contributed by atoms with Crippen LogP contribution in [0.5, 0.6) is 0 Å². The van der Waals surface area contributed by atoms with E-state index in [0.29, 0.717) is 0 Å². The molecular formula is C8H19KN2O10S2. The van der Waals surface area contributed by atoms with Crippen molar-refractivity contribution in [1.82, 2.24) is 0 Å². The topological polar surface area (TPSA) is 235 Å². The molecular weight excluding hydrogens is 387 g/mol. The standard InChI is InChI=1S/2C3H7NO5S.C2H4.K.H/c2*4-2(3(5)6)1-10(7,8)9;1-2;;/h2*2H,1,4H2,(H,5,6)(H,7,8,9);1-2H2;;. The molecule has 0 saturated carbocycles. The van der Waals surface area contributed by atoms with Gasteiger partial charge < -0.3 is 21.7 Å². The maximum atomic E-state index is 9.96. The van der Waals surface area contributed by atoms with Gasteiger partial charge >= 0.3 is 63.3 Å².